The molecule has 0 fully saturated rings. The number of alkyl halides is 2. The minimum absolute atomic E-state index is 0. The van der Waals surface area contributed by atoms with Crippen molar-refractivity contribution in [1.29, 1.82) is 0 Å². The molecule has 102 valence electrons. The molecule has 0 saturated heterocycles. The van der Waals surface area contributed by atoms with E-state index in [4.69, 9.17) is 0 Å². The van der Waals surface area contributed by atoms with Crippen LogP contribution >= 0.6 is 65.8 Å². The third kappa shape index (κ3) is 13.8. The van der Waals surface area contributed by atoms with Gasteiger partial charge in [0.25, 0.3) is 0 Å². The van der Waals surface area contributed by atoms with Gasteiger partial charge >= 0.3 is 0 Å². The van der Waals surface area contributed by atoms with Gasteiger partial charge in [0.1, 0.15) is 0 Å². The third-order valence-corrected chi connectivity index (χ3v) is 2.49. The molecule has 0 aliphatic rings. The molecule has 0 aliphatic heterocycles. The van der Waals surface area contributed by atoms with Crippen LogP contribution < -0.4 is 10.6 Å². The van der Waals surface area contributed by atoms with E-state index < -0.39 is 12.2 Å². The fraction of sp³-hybridized carbons (Fsp3) is 1.00. The second kappa shape index (κ2) is 16.8. The molecule has 0 radical (unpaired) electrons. The first-order valence-electron chi connectivity index (χ1n) is 4.61. The van der Waals surface area contributed by atoms with E-state index in [1.54, 1.807) is 0 Å². The Hall–Kier alpha value is 1.76. The summed E-state index contributed by atoms with van der Waals surface area (Å²) in [6.45, 7) is 2.42. The van der Waals surface area contributed by atoms with E-state index in [2.05, 4.69) is 42.5 Å². The van der Waals surface area contributed by atoms with E-state index in [-0.39, 0.29) is 34.0 Å². The first kappa shape index (κ1) is 22.9. The molecular weight excluding hydrogens is 476 g/mol. The summed E-state index contributed by atoms with van der Waals surface area (Å²) in [4.78, 5) is 0. The average Bonchev–Trinajstić information content (AvgIpc) is 2.18. The highest BCUT2D eigenvalue weighted by Gasteiger charge is 2.14. The molecule has 0 aromatic carbocycles. The van der Waals surface area contributed by atoms with Crippen LogP contribution in [0.3, 0.4) is 0 Å². The third-order valence-electron chi connectivity index (χ3n) is 1.69. The maximum atomic E-state index is 9.46. The molecule has 8 heteroatoms. The Morgan fingerprint density at radius 2 is 1.12 bits per heavy atom. The summed E-state index contributed by atoms with van der Waals surface area (Å²) < 4.78 is 0. The highest BCUT2D eigenvalue weighted by Crippen LogP contribution is 1.91. The van der Waals surface area contributed by atoms with Crippen LogP contribution in [0, 0.1) is 0 Å². The van der Waals surface area contributed by atoms with Crippen molar-refractivity contribution < 1.29 is 10.2 Å². The van der Waals surface area contributed by atoms with Gasteiger partial charge in [-0.05, 0) is 0 Å². The molecule has 4 N–H and O–H groups in total. The highest BCUT2D eigenvalue weighted by atomic mass is 79.9. The standard InChI is InChI=1S/C8H18Br2N2O2.2BrH/c9-1-3-11-5-7(13)8(14)6-12-4-2-10;;/h7-8,11-14H,1-6H2;2*1H/t7-,8+;;. The van der Waals surface area contributed by atoms with Gasteiger partial charge in [0.2, 0.25) is 0 Å². The molecule has 0 heterocycles. The van der Waals surface area contributed by atoms with Crippen molar-refractivity contribution in [2.75, 3.05) is 36.8 Å². The summed E-state index contributed by atoms with van der Waals surface area (Å²) in [5, 5.41) is 26.6. The molecule has 0 saturated carbocycles. The molecule has 0 aromatic heterocycles. The van der Waals surface area contributed by atoms with Gasteiger partial charge in [-0.3, -0.25) is 0 Å². The predicted molar refractivity (Wildman–Crippen MR) is 86.0 cm³/mol. The lowest BCUT2D eigenvalue weighted by molar-refractivity contribution is 0.0216. The second-order valence-electron chi connectivity index (χ2n) is 2.92. The van der Waals surface area contributed by atoms with Gasteiger partial charge in [0.05, 0.1) is 12.2 Å². The zero-order valence-electron chi connectivity index (χ0n) is 8.86. The molecule has 2 atom stereocenters. The highest BCUT2D eigenvalue weighted by molar-refractivity contribution is 9.09. The summed E-state index contributed by atoms with van der Waals surface area (Å²) in [6.07, 6.45) is -1.42. The lowest BCUT2D eigenvalue weighted by Gasteiger charge is -2.18. The number of hydrogen-bond donors (Lipinski definition) is 4. The first-order valence-corrected chi connectivity index (χ1v) is 6.86. The molecular formula is C8H20Br4N2O2. The van der Waals surface area contributed by atoms with E-state index in [1.165, 1.54) is 0 Å². The largest absolute Gasteiger partial charge is 0.389 e. The Labute approximate surface area is 135 Å². The Morgan fingerprint density at radius 3 is 1.38 bits per heavy atom. The van der Waals surface area contributed by atoms with Crippen molar-refractivity contribution in [2.24, 2.45) is 0 Å². The predicted octanol–water partition coefficient (Wildman–Crippen LogP) is 0.833. The van der Waals surface area contributed by atoms with Crippen molar-refractivity contribution in [3.8, 4) is 0 Å². The normalized spacial score (nSPS) is 13.5. The van der Waals surface area contributed by atoms with Crippen LogP contribution in [0.2, 0.25) is 0 Å². The van der Waals surface area contributed by atoms with Gasteiger partial charge in [-0.1, -0.05) is 31.9 Å². The molecule has 0 aromatic rings. The molecule has 0 bridgehead atoms. The van der Waals surface area contributed by atoms with Gasteiger partial charge < -0.3 is 20.8 Å². The van der Waals surface area contributed by atoms with Crippen molar-refractivity contribution in [1.82, 2.24) is 10.6 Å². The monoisotopic (exact) mass is 492 g/mol. The van der Waals surface area contributed by atoms with Crippen LogP contribution in [-0.4, -0.2) is 59.3 Å². The summed E-state index contributed by atoms with van der Waals surface area (Å²) in [6, 6.07) is 0. The van der Waals surface area contributed by atoms with Crippen LogP contribution in [0.15, 0.2) is 0 Å². The van der Waals surface area contributed by atoms with E-state index in [0.29, 0.717) is 13.1 Å². The number of nitrogens with one attached hydrogen (secondary N) is 2. The SMILES string of the molecule is Br.Br.O[C@H](CNCCBr)[C@@H](O)CNCCBr. The molecule has 0 aliphatic carbocycles. The maximum absolute atomic E-state index is 9.46. The summed E-state index contributed by atoms with van der Waals surface area (Å²) in [7, 11) is 0. The zero-order chi connectivity index (χ0) is 10.8. The van der Waals surface area contributed by atoms with Crippen molar-refractivity contribution in [3.63, 3.8) is 0 Å². The first-order chi connectivity index (χ1) is 6.72. The van der Waals surface area contributed by atoms with Crippen molar-refractivity contribution in [3.05, 3.63) is 0 Å². The Kier molecular flexibility index (Phi) is 24.0. The fourth-order valence-electron chi connectivity index (χ4n) is 0.906. The quantitative estimate of drug-likeness (QED) is 0.283. The average molecular weight is 496 g/mol. The molecule has 0 amide bonds. The molecule has 0 spiro atoms. The minimum Gasteiger partial charge on any atom is -0.389 e. The smallest absolute Gasteiger partial charge is 0.0935 e. The Balaban J connectivity index is -0.000000845. The van der Waals surface area contributed by atoms with Gasteiger partial charge in [-0.15, -0.1) is 34.0 Å². The van der Waals surface area contributed by atoms with Crippen LogP contribution in [0.1, 0.15) is 0 Å². The van der Waals surface area contributed by atoms with Crippen LogP contribution in [0.4, 0.5) is 0 Å². The second-order valence-corrected chi connectivity index (χ2v) is 4.51. The van der Waals surface area contributed by atoms with E-state index in [0.717, 1.165) is 23.7 Å². The zero-order valence-corrected chi connectivity index (χ0v) is 15.5. The van der Waals surface area contributed by atoms with E-state index >= 15 is 0 Å². The molecule has 16 heavy (non-hydrogen) atoms. The van der Waals surface area contributed by atoms with Crippen LogP contribution in [0.25, 0.3) is 0 Å². The topological polar surface area (TPSA) is 64.5 Å². The number of aliphatic hydroxyl groups is 2. The summed E-state index contributed by atoms with van der Waals surface area (Å²) in [5.41, 5.74) is 0. The van der Waals surface area contributed by atoms with Gasteiger partial charge in [0, 0.05) is 36.8 Å². The van der Waals surface area contributed by atoms with Crippen molar-refractivity contribution in [2.45, 2.75) is 12.2 Å². The lowest BCUT2D eigenvalue weighted by Crippen LogP contribution is -2.42. The molecule has 0 unspecified atom stereocenters. The van der Waals surface area contributed by atoms with E-state index in [9.17, 15) is 10.2 Å². The maximum Gasteiger partial charge on any atom is 0.0935 e. The van der Waals surface area contributed by atoms with Gasteiger partial charge in [-0.2, -0.15) is 0 Å². The minimum atomic E-state index is -0.711. The van der Waals surface area contributed by atoms with Gasteiger partial charge in [-0.25, -0.2) is 0 Å². The number of rotatable bonds is 9. The molecule has 0 rings (SSSR count). The number of halogens is 4. The van der Waals surface area contributed by atoms with Crippen LogP contribution in [-0.2, 0) is 0 Å². The Bertz CT molecular complexity index is 121. The van der Waals surface area contributed by atoms with E-state index in [1.807, 2.05) is 0 Å². The van der Waals surface area contributed by atoms with Crippen LogP contribution in [0.5, 0.6) is 0 Å². The fourth-order valence-corrected chi connectivity index (χ4v) is 1.47. The summed E-state index contributed by atoms with van der Waals surface area (Å²) >= 11 is 6.53. The number of hydrogen-bond acceptors (Lipinski definition) is 4. The van der Waals surface area contributed by atoms with Crippen molar-refractivity contribution >= 4 is 65.8 Å². The Morgan fingerprint density at radius 1 is 0.812 bits per heavy atom. The molecule has 4 nitrogen and oxygen atoms in total. The summed E-state index contributed by atoms with van der Waals surface area (Å²) in [5.74, 6) is 0. The number of aliphatic hydroxyl groups excluding tert-OH is 2. The van der Waals surface area contributed by atoms with Gasteiger partial charge in [0.15, 0.2) is 0 Å². The lowest BCUT2D eigenvalue weighted by atomic mass is 10.2.